The van der Waals surface area contributed by atoms with Crippen molar-refractivity contribution in [3.05, 3.63) is 35.9 Å². The quantitative estimate of drug-likeness (QED) is 0.855. The minimum Gasteiger partial charge on any atom is -0.481 e. The Labute approximate surface area is 115 Å². The molecule has 2 rings (SSSR count). The molecule has 0 saturated carbocycles. The Kier molecular flexibility index (Phi) is 4.97. The molecular weight excluding hydrogens is 238 g/mol. The summed E-state index contributed by atoms with van der Waals surface area (Å²) in [6.07, 6.45) is 3.74. The number of carbonyl (C=O) groups is 1. The maximum atomic E-state index is 10.7. The van der Waals surface area contributed by atoms with Gasteiger partial charge in [-0.05, 0) is 37.3 Å². The van der Waals surface area contributed by atoms with Crippen LogP contribution < -0.4 is 0 Å². The summed E-state index contributed by atoms with van der Waals surface area (Å²) in [6.45, 7) is 3.95. The molecular formula is C16H23NO2. The first kappa shape index (κ1) is 14.1. The molecule has 1 fully saturated rings. The molecule has 0 aliphatic carbocycles. The molecule has 0 bridgehead atoms. The van der Waals surface area contributed by atoms with E-state index in [9.17, 15) is 4.79 Å². The van der Waals surface area contributed by atoms with E-state index in [2.05, 4.69) is 36.1 Å². The first-order valence-electron chi connectivity index (χ1n) is 7.23. The highest BCUT2D eigenvalue weighted by Crippen LogP contribution is 2.33. The monoisotopic (exact) mass is 261 g/mol. The Balaban J connectivity index is 2.06. The smallest absolute Gasteiger partial charge is 0.304 e. The zero-order valence-electron chi connectivity index (χ0n) is 11.6. The summed E-state index contributed by atoms with van der Waals surface area (Å²) in [4.78, 5) is 13.1. The van der Waals surface area contributed by atoms with Crippen LogP contribution in [0.4, 0.5) is 0 Å². The zero-order valence-corrected chi connectivity index (χ0v) is 11.6. The molecule has 0 radical (unpaired) electrons. The molecule has 1 aromatic carbocycles. The van der Waals surface area contributed by atoms with Gasteiger partial charge in [0, 0.05) is 12.6 Å². The summed E-state index contributed by atoms with van der Waals surface area (Å²) in [6, 6.07) is 11.1. The predicted molar refractivity (Wildman–Crippen MR) is 76.3 cm³/mol. The van der Waals surface area contributed by atoms with Crippen LogP contribution in [0.1, 0.15) is 44.1 Å². The molecule has 2 atom stereocenters. The molecule has 1 aliphatic rings. The fourth-order valence-corrected chi connectivity index (χ4v) is 3.25. The first-order chi connectivity index (χ1) is 9.22. The Morgan fingerprint density at radius 1 is 1.42 bits per heavy atom. The molecule has 19 heavy (non-hydrogen) atoms. The van der Waals surface area contributed by atoms with Crippen LogP contribution in [0.3, 0.4) is 0 Å². The van der Waals surface area contributed by atoms with Crippen molar-refractivity contribution < 1.29 is 9.90 Å². The van der Waals surface area contributed by atoms with Crippen molar-refractivity contribution >= 4 is 5.97 Å². The van der Waals surface area contributed by atoms with Gasteiger partial charge in [-0.2, -0.15) is 0 Å². The van der Waals surface area contributed by atoms with E-state index in [0.717, 1.165) is 13.0 Å². The lowest BCUT2D eigenvalue weighted by molar-refractivity contribution is -0.137. The number of rotatable bonds is 6. The van der Waals surface area contributed by atoms with Crippen molar-refractivity contribution in [2.75, 3.05) is 13.1 Å². The molecule has 0 aromatic heterocycles. The molecule has 3 heteroatoms. The summed E-state index contributed by atoms with van der Waals surface area (Å²) >= 11 is 0. The molecule has 104 valence electrons. The Hall–Kier alpha value is -1.35. The van der Waals surface area contributed by atoms with Gasteiger partial charge >= 0.3 is 5.97 Å². The van der Waals surface area contributed by atoms with Crippen LogP contribution in [0.25, 0.3) is 0 Å². The third kappa shape index (κ3) is 3.57. The molecule has 0 spiro atoms. The second-order valence-electron chi connectivity index (χ2n) is 5.31. The molecule has 1 N–H and O–H groups in total. The van der Waals surface area contributed by atoms with E-state index in [-0.39, 0.29) is 6.42 Å². The molecule has 0 amide bonds. The number of likely N-dealkylation sites (tertiary alicyclic amines) is 1. The van der Waals surface area contributed by atoms with Crippen LogP contribution in [-0.4, -0.2) is 35.1 Å². The topological polar surface area (TPSA) is 40.5 Å². The van der Waals surface area contributed by atoms with Crippen molar-refractivity contribution in [3.63, 3.8) is 0 Å². The minimum absolute atomic E-state index is 0.252. The van der Waals surface area contributed by atoms with Gasteiger partial charge in [0.15, 0.2) is 0 Å². The maximum absolute atomic E-state index is 10.7. The van der Waals surface area contributed by atoms with Crippen molar-refractivity contribution in [1.82, 2.24) is 4.90 Å². The van der Waals surface area contributed by atoms with Crippen molar-refractivity contribution in [2.24, 2.45) is 0 Å². The molecule has 0 unspecified atom stereocenters. The number of carboxylic acids is 1. The van der Waals surface area contributed by atoms with Gasteiger partial charge in [0.25, 0.3) is 0 Å². The van der Waals surface area contributed by atoms with Gasteiger partial charge in [0.2, 0.25) is 0 Å². The molecule has 1 aromatic rings. The second-order valence-corrected chi connectivity index (χ2v) is 5.31. The average Bonchev–Trinajstić information content (AvgIpc) is 2.87. The van der Waals surface area contributed by atoms with E-state index in [4.69, 9.17) is 5.11 Å². The SMILES string of the molecule is CC[C@H](c1ccccc1)[C@@H]1CCCN1CCC(=O)O. The fourth-order valence-electron chi connectivity index (χ4n) is 3.25. The molecule has 3 nitrogen and oxygen atoms in total. The van der Waals surface area contributed by atoms with Crippen molar-refractivity contribution in [3.8, 4) is 0 Å². The highest BCUT2D eigenvalue weighted by Gasteiger charge is 2.31. The maximum Gasteiger partial charge on any atom is 0.304 e. The van der Waals surface area contributed by atoms with E-state index >= 15 is 0 Å². The van der Waals surface area contributed by atoms with Gasteiger partial charge in [0.05, 0.1) is 6.42 Å². The zero-order chi connectivity index (χ0) is 13.7. The first-order valence-corrected chi connectivity index (χ1v) is 7.23. The van der Waals surface area contributed by atoms with E-state index < -0.39 is 5.97 Å². The number of hydrogen-bond acceptors (Lipinski definition) is 2. The van der Waals surface area contributed by atoms with Crippen molar-refractivity contribution in [2.45, 2.75) is 44.6 Å². The molecule has 1 aliphatic heterocycles. The summed E-state index contributed by atoms with van der Waals surface area (Å²) in [5, 5.41) is 8.85. The number of carboxylic acid groups (broad SMARTS) is 1. The van der Waals surface area contributed by atoms with E-state index in [1.54, 1.807) is 0 Å². The standard InChI is InChI=1S/C16H23NO2/c1-2-14(13-7-4-3-5-8-13)15-9-6-11-17(15)12-10-16(18)19/h3-5,7-8,14-15H,2,6,9-12H2,1H3,(H,18,19)/t14-,15+/m1/s1. The fraction of sp³-hybridized carbons (Fsp3) is 0.562. The minimum atomic E-state index is -0.696. The number of nitrogens with zero attached hydrogens (tertiary/aromatic N) is 1. The van der Waals surface area contributed by atoms with Crippen LogP contribution in [0.15, 0.2) is 30.3 Å². The molecule has 1 heterocycles. The van der Waals surface area contributed by atoms with Crippen LogP contribution in [0, 0.1) is 0 Å². The van der Waals surface area contributed by atoms with Gasteiger partial charge in [0.1, 0.15) is 0 Å². The average molecular weight is 261 g/mol. The molecule has 1 saturated heterocycles. The van der Waals surface area contributed by atoms with Crippen LogP contribution >= 0.6 is 0 Å². The van der Waals surface area contributed by atoms with Gasteiger partial charge in [-0.15, -0.1) is 0 Å². The third-order valence-electron chi connectivity index (χ3n) is 4.16. The Morgan fingerprint density at radius 2 is 2.16 bits per heavy atom. The lowest BCUT2D eigenvalue weighted by Gasteiger charge is -2.31. The van der Waals surface area contributed by atoms with Gasteiger partial charge in [-0.25, -0.2) is 0 Å². The normalized spacial score (nSPS) is 21.4. The van der Waals surface area contributed by atoms with Gasteiger partial charge < -0.3 is 5.11 Å². The van der Waals surface area contributed by atoms with Gasteiger partial charge in [-0.3, -0.25) is 9.69 Å². The number of hydrogen-bond donors (Lipinski definition) is 1. The van der Waals surface area contributed by atoms with Crippen LogP contribution in [0.2, 0.25) is 0 Å². The van der Waals surface area contributed by atoms with E-state index in [1.165, 1.54) is 18.4 Å². The Morgan fingerprint density at radius 3 is 2.79 bits per heavy atom. The van der Waals surface area contributed by atoms with Gasteiger partial charge in [-0.1, -0.05) is 37.3 Å². The number of aliphatic carboxylic acids is 1. The lowest BCUT2D eigenvalue weighted by Crippen LogP contribution is -2.35. The van der Waals surface area contributed by atoms with Crippen LogP contribution in [-0.2, 0) is 4.79 Å². The lowest BCUT2D eigenvalue weighted by atomic mass is 9.87. The van der Waals surface area contributed by atoms with E-state index in [1.807, 2.05) is 6.07 Å². The summed E-state index contributed by atoms with van der Waals surface area (Å²) < 4.78 is 0. The summed E-state index contributed by atoms with van der Waals surface area (Å²) in [5.41, 5.74) is 1.39. The van der Waals surface area contributed by atoms with E-state index in [0.29, 0.717) is 18.5 Å². The van der Waals surface area contributed by atoms with Crippen molar-refractivity contribution in [1.29, 1.82) is 0 Å². The largest absolute Gasteiger partial charge is 0.481 e. The highest BCUT2D eigenvalue weighted by atomic mass is 16.4. The second kappa shape index (κ2) is 6.71. The highest BCUT2D eigenvalue weighted by molar-refractivity contribution is 5.66. The summed E-state index contributed by atoms with van der Waals surface area (Å²) in [7, 11) is 0. The van der Waals surface area contributed by atoms with Crippen LogP contribution in [0.5, 0.6) is 0 Å². The third-order valence-corrected chi connectivity index (χ3v) is 4.16. The number of benzene rings is 1. The predicted octanol–water partition coefficient (Wildman–Crippen LogP) is 3.12. The summed E-state index contributed by atoms with van der Waals surface area (Å²) in [5.74, 6) is -0.170. The Bertz CT molecular complexity index is 404.